The number of nitrogens with zero attached hydrogens (tertiary/aromatic N) is 3. The summed E-state index contributed by atoms with van der Waals surface area (Å²) in [5.41, 5.74) is 0.418. The second-order valence-corrected chi connectivity index (χ2v) is 9.24. The van der Waals surface area contributed by atoms with Crippen molar-refractivity contribution >= 4 is 60.5 Å². The Morgan fingerprint density at radius 2 is 1.87 bits per heavy atom. The molecule has 1 amide bonds. The quantitative estimate of drug-likeness (QED) is 0.421. The summed E-state index contributed by atoms with van der Waals surface area (Å²) < 4.78 is 34.6. The molecule has 0 bridgehead atoms. The van der Waals surface area contributed by atoms with Gasteiger partial charge in [0.15, 0.2) is 0 Å². The Morgan fingerprint density at radius 1 is 1.13 bits per heavy atom. The third-order valence-corrected chi connectivity index (χ3v) is 7.17. The van der Waals surface area contributed by atoms with Crippen LogP contribution in [0.25, 0.3) is 14.8 Å². The summed E-state index contributed by atoms with van der Waals surface area (Å²) in [5.74, 6) is -0.231. The Labute approximate surface area is 186 Å². The number of nitrogens with one attached hydrogen (secondary N) is 1. The Balaban J connectivity index is 1.50. The van der Waals surface area contributed by atoms with E-state index in [1.807, 2.05) is 24.3 Å². The van der Waals surface area contributed by atoms with Crippen LogP contribution in [-0.4, -0.2) is 31.4 Å². The van der Waals surface area contributed by atoms with Crippen molar-refractivity contribution in [2.24, 2.45) is 0 Å². The number of benzene rings is 2. The highest BCUT2D eigenvalue weighted by Gasteiger charge is 2.17. The monoisotopic (exact) mass is 473 g/mol. The number of halogens is 1. The molecule has 0 aliphatic heterocycles. The standard InChI is InChI=1S/C20H15ClN4O4S2/c1-29-17-10-16(22-11-23-17)25-31(27,28)13-8-6-12(7-9-13)24-20(26)19-18(21)14-4-2-3-5-15(14)30-19/h2-11H,1H3,(H2,22,23,24,25,26)/p-1. The van der Waals surface area contributed by atoms with Gasteiger partial charge in [0.05, 0.1) is 17.0 Å². The van der Waals surface area contributed by atoms with Gasteiger partial charge in [0, 0.05) is 22.1 Å². The number of fused-ring (bicyclic) bond motifs is 1. The Kier molecular flexibility index (Phi) is 5.77. The number of carbonyl (C=O) groups excluding carboxylic acids is 1. The van der Waals surface area contributed by atoms with Gasteiger partial charge in [0.2, 0.25) is 15.9 Å². The molecule has 11 heteroatoms. The molecule has 8 nitrogen and oxygen atoms in total. The van der Waals surface area contributed by atoms with Crippen LogP contribution in [0.2, 0.25) is 5.02 Å². The highest BCUT2D eigenvalue weighted by Crippen LogP contribution is 2.35. The number of carbonyl (C=O) groups is 1. The lowest BCUT2D eigenvalue weighted by molar-refractivity contribution is 0.103. The molecule has 31 heavy (non-hydrogen) atoms. The van der Waals surface area contributed by atoms with Crippen molar-refractivity contribution in [2.75, 3.05) is 12.4 Å². The van der Waals surface area contributed by atoms with Crippen LogP contribution < -0.4 is 10.1 Å². The van der Waals surface area contributed by atoms with Gasteiger partial charge in [-0.1, -0.05) is 29.8 Å². The van der Waals surface area contributed by atoms with E-state index in [2.05, 4.69) is 20.0 Å². The number of ether oxygens (including phenoxy) is 1. The molecule has 4 rings (SSSR count). The van der Waals surface area contributed by atoms with Crippen LogP contribution in [0.1, 0.15) is 9.67 Å². The van der Waals surface area contributed by atoms with E-state index in [-0.39, 0.29) is 22.5 Å². The van der Waals surface area contributed by atoms with E-state index >= 15 is 0 Å². The van der Waals surface area contributed by atoms with E-state index in [9.17, 15) is 13.2 Å². The molecule has 0 unspecified atom stereocenters. The van der Waals surface area contributed by atoms with Crippen LogP contribution in [0.4, 0.5) is 11.5 Å². The topological polar surface area (TPSA) is 112 Å². The minimum absolute atomic E-state index is 0.0522. The van der Waals surface area contributed by atoms with Crippen molar-refractivity contribution in [1.29, 1.82) is 0 Å². The molecule has 1 N–H and O–H groups in total. The van der Waals surface area contributed by atoms with Gasteiger partial charge in [-0.15, -0.1) is 11.3 Å². The molecule has 0 fully saturated rings. The predicted octanol–water partition coefficient (Wildman–Crippen LogP) is 5.00. The summed E-state index contributed by atoms with van der Waals surface area (Å²) >= 11 is 7.63. The Hall–Kier alpha value is -3.21. The SMILES string of the molecule is COc1cc([N-]S(=O)(=O)c2ccc(NC(=O)c3sc4ccccc4c3Cl)cc2)ncn1. The summed E-state index contributed by atoms with van der Waals surface area (Å²) in [5, 5.41) is 3.92. The van der Waals surface area contributed by atoms with Crippen LogP contribution in [0.3, 0.4) is 0 Å². The van der Waals surface area contributed by atoms with Crippen molar-refractivity contribution in [3.63, 3.8) is 0 Å². The fourth-order valence-corrected chi connectivity index (χ4v) is 5.07. The summed E-state index contributed by atoms with van der Waals surface area (Å²) in [6.45, 7) is 0. The highest BCUT2D eigenvalue weighted by molar-refractivity contribution is 7.94. The van der Waals surface area contributed by atoms with Crippen molar-refractivity contribution in [3.8, 4) is 5.88 Å². The lowest BCUT2D eigenvalue weighted by Crippen LogP contribution is -2.10. The summed E-state index contributed by atoms with van der Waals surface area (Å²) in [6.07, 6.45) is 1.16. The molecule has 0 aliphatic rings. The molecular formula is C20H14ClN4O4S2-. The number of thiophene rings is 1. The van der Waals surface area contributed by atoms with Crippen LogP contribution >= 0.6 is 22.9 Å². The molecule has 0 atom stereocenters. The average molecular weight is 474 g/mol. The molecule has 0 saturated carbocycles. The molecule has 2 heterocycles. The number of hydrogen-bond acceptors (Lipinski definition) is 7. The van der Waals surface area contributed by atoms with Crippen LogP contribution in [0.5, 0.6) is 5.88 Å². The van der Waals surface area contributed by atoms with E-state index in [0.29, 0.717) is 15.6 Å². The first-order chi connectivity index (χ1) is 14.9. The smallest absolute Gasteiger partial charge is 0.267 e. The number of methoxy groups -OCH3 is 1. The van der Waals surface area contributed by atoms with Gasteiger partial charge < -0.3 is 19.8 Å². The van der Waals surface area contributed by atoms with Gasteiger partial charge in [-0.3, -0.25) is 4.79 Å². The van der Waals surface area contributed by atoms with E-state index in [4.69, 9.17) is 16.3 Å². The van der Waals surface area contributed by atoms with E-state index in [1.165, 1.54) is 48.8 Å². The summed E-state index contributed by atoms with van der Waals surface area (Å²) in [6, 6.07) is 14.4. The number of rotatable bonds is 6. The van der Waals surface area contributed by atoms with E-state index in [0.717, 1.165) is 16.4 Å². The lowest BCUT2D eigenvalue weighted by Gasteiger charge is -2.15. The molecule has 0 spiro atoms. The maximum atomic E-state index is 12.6. The van der Waals surface area contributed by atoms with E-state index in [1.54, 1.807) is 0 Å². The third-order valence-electron chi connectivity index (χ3n) is 4.20. The number of hydrogen-bond donors (Lipinski definition) is 1. The Morgan fingerprint density at radius 3 is 2.58 bits per heavy atom. The zero-order chi connectivity index (χ0) is 22.0. The zero-order valence-electron chi connectivity index (χ0n) is 15.9. The summed E-state index contributed by atoms with van der Waals surface area (Å²) in [4.78, 5) is 20.6. The van der Waals surface area contributed by atoms with Gasteiger partial charge in [-0.05, 0) is 42.2 Å². The fourth-order valence-electron chi connectivity index (χ4n) is 2.73. The normalized spacial score (nSPS) is 11.3. The minimum Gasteiger partial charge on any atom is -0.481 e. The molecule has 2 aromatic heterocycles. The maximum absolute atomic E-state index is 12.6. The zero-order valence-corrected chi connectivity index (χ0v) is 18.3. The molecule has 0 aliphatic carbocycles. The molecule has 0 radical (unpaired) electrons. The molecule has 2 aromatic carbocycles. The van der Waals surface area contributed by atoms with Crippen LogP contribution in [0.15, 0.2) is 65.8 Å². The number of sulfonamides is 1. The second-order valence-electron chi connectivity index (χ2n) is 6.20. The maximum Gasteiger partial charge on any atom is 0.267 e. The fraction of sp³-hybridized carbons (Fsp3) is 0.0500. The first kappa shape index (κ1) is 21.0. The van der Waals surface area contributed by atoms with Crippen molar-refractivity contribution in [1.82, 2.24) is 9.97 Å². The van der Waals surface area contributed by atoms with Crippen LogP contribution in [0, 0.1) is 0 Å². The first-order valence-electron chi connectivity index (χ1n) is 8.80. The number of aromatic nitrogens is 2. The van der Waals surface area contributed by atoms with Gasteiger partial charge in [0.1, 0.15) is 4.88 Å². The number of anilines is 1. The third kappa shape index (κ3) is 4.46. The summed E-state index contributed by atoms with van der Waals surface area (Å²) in [7, 11) is -2.61. The van der Waals surface area contributed by atoms with Gasteiger partial charge in [-0.25, -0.2) is 13.4 Å². The highest BCUT2D eigenvalue weighted by atomic mass is 35.5. The van der Waals surface area contributed by atoms with Crippen molar-refractivity contribution < 1.29 is 17.9 Å². The van der Waals surface area contributed by atoms with Gasteiger partial charge in [-0.2, -0.15) is 0 Å². The van der Waals surface area contributed by atoms with Crippen LogP contribution in [-0.2, 0) is 10.0 Å². The Bertz CT molecular complexity index is 1370. The van der Waals surface area contributed by atoms with E-state index < -0.39 is 10.0 Å². The average Bonchev–Trinajstić information content (AvgIpc) is 3.11. The predicted molar refractivity (Wildman–Crippen MR) is 120 cm³/mol. The lowest BCUT2D eigenvalue weighted by atomic mass is 10.2. The largest absolute Gasteiger partial charge is 0.481 e. The second kappa shape index (κ2) is 8.50. The molecule has 0 saturated heterocycles. The molecular weight excluding hydrogens is 460 g/mol. The number of amides is 1. The van der Waals surface area contributed by atoms with Gasteiger partial charge >= 0.3 is 0 Å². The minimum atomic E-state index is -4.01. The molecule has 158 valence electrons. The van der Waals surface area contributed by atoms with Crippen molar-refractivity contribution in [3.05, 3.63) is 75.5 Å². The first-order valence-corrected chi connectivity index (χ1v) is 11.4. The van der Waals surface area contributed by atoms with Crippen molar-refractivity contribution in [2.45, 2.75) is 4.90 Å². The molecule has 4 aromatic rings. The van der Waals surface area contributed by atoms with Gasteiger partial charge in [0.25, 0.3) is 5.91 Å².